The number of hydrogen-bond acceptors (Lipinski definition) is 3. The van der Waals surface area contributed by atoms with Crippen LogP contribution in [0.1, 0.15) is 42.5 Å². The monoisotopic (exact) mass is 405 g/mol. The minimum absolute atomic E-state index is 0.0556. The molecule has 142 valence electrons. The molecule has 27 heavy (non-hydrogen) atoms. The molecule has 1 aromatic carbocycles. The van der Waals surface area contributed by atoms with Crippen molar-refractivity contribution in [2.24, 2.45) is 11.8 Å². The highest BCUT2D eigenvalue weighted by molar-refractivity contribution is 6.41. The maximum absolute atomic E-state index is 12.9. The van der Waals surface area contributed by atoms with Crippen LogP contribution < -0.4 is 5.56 Å². The van der Waals surface area contributed by atoms with Crippen LogP contribution in [0.3, 0.4) is 0 Å². The van der Waals surface area contributed by atoms with Crippen molar-refractivity contribution in [3.05, 3.63) is 56.4 Å². The zero-order chi connectivity index (χ0) is 19.0. The van der Waals surface area contributed by atoms with E-state index in [2.05, 4.69) is 5.10 Å². The van der Waals surface area contributed by atoms with Crippen LogP contribution in [0.2, 0.25) is 10.0 Å². The maximum Gasteiger partial charge on any atom is 0.291 e. The summed E-state index contributed by atoms with van der Waals surface area (Å²) in [6.45, 7) is 1.69. The summed E-state index contributed by atoms with van der Waals surface area (Å²) in [5.74, 6) is 1.49. The molecule has 5 nitrogen and oxygen atoms in total. The third-order valence-corrected chi connectivity index (χ3v) is 6.56. The smallest absolute Gasteiger partial charge is 0.291 e. The third-order valence-electron chi connectivity index (χ3n) is 5.81. The van der Waals surface area contributed by atoms with E-state index in [4.69, 9.17) is 23.2 Å². The van der Waals surface area contributed by atoms with Gasteiger partial charge in [0.2, 0.25) is 0 Å². The molecule has 1 aromatic heterocycles. The van der Waals surface area contributed by atoms with Gasteiger partial charge in [0.15, 0.2) is 0 Å². The molecule has 1 saturated carbocycles. The number of benzene rings is 1. The average Bonchev–Trinajstić information content (AvgIpc) is 2.71. The summed E-state index contributed by atoms with van der Waals surface area (Å²) >= 11 is 11.7. The second-order valence-corrected chi connectivity index (χ2v) is 8.20. The van der Waals surface area contributed by atoms with Crippen LogP contribution in [-0.4, -0.2) is 33.7 Å². The first-order valence-electron chi connectivity index (χ1n) is 9.37. The Morgan fingerprint density at radius 2 is 1.74 bits per heavy atom. The highest BCUT2D eigenvalue weighted by Crippen LogP contribution is 2.36. The molecule has 2 atom stereocenters. The number of aromatic nitrogens is 2. The summed E-state index contributed by atoms with van der Waals surface area (Å²) in [6, 6.07) is 6.89. The molecule has 1 saturated heterocycles. The summed E-state index contributed by atoms with van der Waals surface area (Å²) in [5, 5.41) is 4.06. The number of carbonyl (C=O) groups is 1. The predicted molar refractivity (Wildman–Crippen MR) is 106 cm³/mol. The standard InChI is InChI=1S/C20H21Cl2N3O2/c21-17-11-23-25(20(27)18(17)22)16-7-5-14(6-8-16)19(26)24-10-9-13-3-1-2-4-15(13)12-24/h5-8,11,13,15H,1-4,9-10,12H2/t13-,15-/m1/s1. The van der Waals surface area contributed by atoms with Crippen LogP contribution in [-0.2, 0) is 0 Å². The average molecular weight is 406 g/mol. The lowest BCUT2D eigenvalue weighted by Gasteiger charge is -2.41. The van der Waals surface area contributed by atoms with Crippen molar-refractivity contribution in [3.63, 3.8) is 0 Å². The Kier molecular flexibility index (Phi) is 5.24. The fourth-order valence-corrected chi connectivity index (χ4v) is 4.56. The number of hydrogen-bond donors (Lipinski definition) is 0. The Labute approximate surface area is 167 Å². The number of amides is 1. The molecule has 7 heteroatoms. The van der Waals surface area contributed by atoms with Gasteiger partial charge >= 0.3 is 0 Å². The molecule has 2 heterocycles. The van der Waals surface area contributed by atoms with Gasteiger partial charge in [-0.05, 0) is 48.9 Å². The molecule has 2 aromatic rings. The quantitative estimate of drug-likeness (QED) is 0.752. The van der Waals surface area contributed by atoms with Crippen molar-refractivity contribution in [1.82, 2.24) is 14.7 Å². The van der Waals surface area contributed by atoms with E-state index in [1.807, 2.05) is 4.90 Å². The molecule has 1 amide bonds. The molecule has 0 unspecified atom stereocenters. The van der Waals surface area contributed by atoms with Crippen LogP contribution in [0, 0.1) is 11.8 Å². The summed E-state index contributed by atoms with van der Waals surface area (Å²) < 4.78 is 1.18. The van der Waals surface area contributed by atoms with Crippen molar-refractivity contribution >= 4 is 29.1 Å². The number of nitrogens with zero attached hydrogens (tertiary/aromatic N) is 3. The van der Waals surface area contributed by atoms with Crippen molar-refractivity contribution in [1.29, 1.82) is 0 Å². The molecule has 1 aliphatic heterocycles. The van der Waals surface area contributed by atoms with Gasteiger partial charge in [-0.15, -0.1) is 0 Å². The number of halogens is 2. The van der Waals surface area contributed by atoms with Gasteiger partial charge in [0, 0.05) is 18.7 Å². The highest BCUT2D eigenvalue weighted by atomic mass is 35.5. The lowest BCUT2D eigenvalue weighted by Crippen LogP contribution is -2.44. The number of carbonyl (C=O) groups excluding carboxylic acids is 1. The molecule has 0 N–H and O–H groups in total. The normalized spacial score (nSPS) is 22.4. The third kappa shape index (κ3) is 3.63. The van der Waals surface area contributed by atoms with Crippen LogP contribution in [0.5, 0.6) is 0 Å². The molecule has 1 aliphatic carbocycles. The van der Waals surface area contributed by atoms with Crippen molar-refractivity contribution in [2.45, 2.75) is 32.1 Å². The van der Waals surface area contributed by atoms with Gasteiger partial charge in [0.1, 0.15) is 5.02 Å². The van der Waals surface area contributed by atoms with Gasteiger partial charge in [-0.1, -0.05) is 42.5 Å². The molecule has 4 rings (SSSR count). The van der Waals surface area contributed by atoms with E-state index in [0.717, 1.165) is 25.4 Å². The van der Waals surface area contributed by atoms with Crippen LogP contribution in [0.25, 0.3) is 5.69 Å². The van der Waals surface area contributed by atoms with Gasteiger partial charge in [0.05, 0.1) is 16.9 Å². The Morgan fingerprint density at radius 3 is 2.48 bits per heavy atom. The second-order valence-electron chi connectivity index (χ2n) is 7.41. The molecule has 2 fully saturated rings. The van der Waals surface area contributed by atoms with E-state index in [1.165, 1.54) is 36.6 Å². The van der Waals surface area contributed by atoms with Crippen molar-refractivity contribution in [3.8, 4) is 5.69 Å². The maximum atomic E-state index is 12.9. The second kappa shape index (κ2) is 7.64. The van der Waals surface area contributed by atoms with Gasteiger partial charge in [-0.3, -0.25) is 9.59 Å². The number of piperidine rings is 1. The van der Waals surface area contributed by atoms with E-state index in [0.29, 0.717) is 17.2 Å². The Bertz CT molecular complexity index is 910. The van der Waals surface area contributed by atoms with Crippen LogP contribution in [0.4, 0.5) is 0 Å². The van der Waals surface area contributed by atoms with Gasteiger partial charge in [-0.25, -0.2) is 0 Å². The van der Waals surface area contributed by atoms with E-state index >= 15 is 0 Å². The zero-order valence-electron chi connectivity index (χ0n) is 14.9. The van der Waals surface area contributed by atoms with E-state index in [1.54, 1.807) is 24.3 Å². The molecule has 2 aliphatic rings. The number of rotatable bonds is 2. The van der Waals surface area contributed by atoms with Crippen LogP contribution in [0.15, 0.2) is 35.3 Å². The Morgan fingerprint density at radius 1 is 1.04 bits per heavy atom. The molecule has 0 spiro atoms. The van der Waals surface area contributed by atoms with E-state index < -0.39 is 5.56 Å². The van der Waals surface area contributed by atoms with Gasteiger partial charge in [-0.2, -0.15) is 9.78 Å². The lowest BCUT2D eigenvalue weighted by molar-refractivity contribution is 0.0521. The van der Waals surface area contributed by atoms with Crippen molar-refractivity contribution in [2.75, 3.05) is 13.1 Å². The summed E-state index contributed by atoms with van der Waals surface area (Å²) in [7, 11) is 0. The summed E-state index contributed by atoms with van der Waals surface area (Å²) in [5.41, 5.74) is 0.685. The number of fused-ring (bicyclic) bond motifs is 1. The van der Waals surface area contributed by atoms with Crippen LogP contribution >= 0.6 is 23.2 Å². The Balaban J connectivity index is 1.51. The van der Waals surface area contributed by atoms with Gasteiger partial charge in [0.25, 0.3) is 11.5 Å². The van der Waals surface area contributed by atoms with Gasteiger partial charge < -0.3 is 4.90 Å². The zero-order valence-corrected chi connectivity index (χ0v) is 16.4. The first-order chi connectivity index (χ1) is 13.0. The molecule has 0 bridgehead atoms. The summed E-state index contributed by atoms with van der Waals surface area (Å²) in [4.78, 5) is 27.1. The molecular weight excluding hydrogens is 385 g/mol. The first kappa shape index (κ1) is 18.5. The highest BCUT2D eigenvalue weighted by Gasteiger charge is 2.33. The fraction of sp³-hybridized carbons (Fsp3) is 0.450. The Hall–Kier alpha value is -1.85. The molecular formula is C20H21Cl2N3O2. The fourth-order valence-electron chi connectivity index (χ4n) is 4.31. The number of likely N-dealkylation sites (tertiary alicyclic amines) is 1. The minimum Gasteiger partial charge on any atom is -0.338 e. The largest absolute Gasteiger partial charge is 0.338 e. The lowest BCUT2D eigenvalue weighted by atomic mass is 9.75. The molecule has 0 radical (unpaired) electrons. The van der Waals surface area contributed by atoms with E-state index in [9.17, 15) is 9.59 Å². The summed E-state index contributed by atoms with van der Waals surface area (Å²) in [6.07, 6.45) is 7.60. The topological polar surface area (TPSA) is 55.2 Å². The predicted octanol–water partition coefficient (Wildman–Crippen LogP) is 4.19. The minimum atomic E-state index is -0.484. The first-order valence-corrected chi connectivity index (χ1v) is 10.1. The SMILES string of the molecule is O=C(c1ccc(-n2ncc(Cl)c(Cl)c2=O)cc1)N1CC[C@H]2CCCC[C@@H]2C1. The van der Waals surface area contributed by atoms with Crippen molar-refractivity contribution < 1.29 is 4.79 Å². The van der Waals surface area contributed by atoms with E-state index in [-0.39, 0.29) is 16.0 Å².